The standard InChI is InChI=1S/C17H14ClF3N2O2/c18-11-4-2-1-3-10(11)5-8-14(24)22-9-15(25)23-13-7-6-12(19)16(20)17(13)21/h1-4,6-7H,5,8-9H2,(H,22,24)(H,23,25). The van der Waals surface area contributed by atoms with E-state index in [1.54, 1.807) is 24.3 Å². The Balaban J connectivity index is 1.81. The topological polar surface area (TPSA) is 58.2 Å². The molecule has 0 aromatic heterocycles. The Morgan fingerprint density at radius 2 is 1.68 bits per heavy atom. The van der Waals surface area contributed by atoms with E-state index < -0.39 is 41.5 Å². The van der Waals surface area contributed by atoms with E-state index in [9.17, 15) is 22.8 Å². The van der Waals surface area contributed by atoms with Gasteiger partial charge in [-0.15, -0.1) is 0 Å². The number of aryl methyl sites for hydroxylation is 1. The highest BCUT2D eigenvalue weighted by atomic mass is 35.5. The molecule has 0 spiro atoms. The lowest BCUT2D eigenvalue weighted by atomic mass is 10.1. The largest absolute Gasteiger partial charge is 0.347 e. The first-order valence-corrected chi connectivity index (χ1v) is 7.69. The van der Waals surface area contributed by atoms with E-state index >= 15 is 0 Å². The maximum atomic E-state index is 13.4. The number of amides is 2. The van der Waals surface area contributed by atoms with Gasteiger partial charge in [-0.2, -0.15) is 0 Å². The zero-order valence-corrected chi connectivity index (χ0v) is 13.7. The summed E-state index contributed by atoms with van der Waals surface area (Å²) in [4.78, 5) is 23.4. The first kappa shape index (κ1) is 18.8. The Morgan fingerprint density at radius 1 is 0.960 bits per heavy atom. The Bertz CT molecular complexity index is 799. The molecule has 0 bridgehead atoms. The minimum absolute atomic E-state index is 0.108. The van der Waals surface area contributed by atoms with Crippen molar-refractivity contribution >= 4 is 29.1 Å². The molecule has 2 aromatic rings. The van der Waals surface area contributed by atoms with Crippen molar-refractivity contribution < 1.29 is 22.8 Å². The monoisotopic (exact) mass is 370 g/mol. The summed E-state index contributed by atoms with van der Waals surface area (Å²) < 4.78 is 39.3. The highest BCUT2D eigenvalue weighted by Gasteiger charge is 2.15. The molecule has 132 valence electrons. The lowest BCUT2D eigenvalue weighted by Gasteiger charge is -2.09. The van der Waals surface area contributed by atoms with E-state index in [2.05, 4.69) is 10.6 Å². The summed E-state index contributed by atoms with van der Waals surface area (Å²) in [6, 6.07) is 8.64. The number of carbonyl (C=O) groups is 2. The zero-order chi connectivity index (χ0) is 18.4. The van der Waals surface area contributed by atoms with Crippen molar-refractivity contribution in [3.8, 4) is 0 Å². The van der Waals surface area contributed by atoms with Gasteiger partial charge in [-0.1, -0.05) is 29.8 Å². The Morgan fingerprint density at radius 3 is 2.40 bits per heavy atom. The molecular weight excluding hydrogens is 357 g/mol. The van der Waals surface area contributed by atoms with Crippen LogP contribution in [-0.4, -0.2) is 18.4 Å². The van der Waals surface area contributed by atoms with Crippen LogP contribution in [0.3, 0.4) is 0 Å². The van der Waals surface area contributed by atoms with Crippen LogP contribution in [0.15, 0.2) is 36.4 Å². The van der Waals surface area contributed by atoms with Crippen molar-refractivity contribution in [3.63, 3.8) is 0 Å². The molecule has 0 atom stereocenters. The lowest BCUT2D eigenvalue weighted by molar-refractivity contribution is -0.124. The first-order valence-electron chi connectivity index (χ1n) is 7.32. The fourth-order valence-electron chi connectivity index (χ4n) is 2.03. The Hall–Kier alpha value is -2.54. The lowest BCUT2D eigenvalue weighted by Crippen LogP contribution is -2.33. The van der Waals surface area contributed by atoms with Gasteiger partial charge in [0, 0.05) is 11.4 Å². The SMILES string of the molecule is O=C(CCc1ccccc1Cl)NCC(=O)Nc1ccc(F)c(F)c1F. The molecule has 0 fully saturated rings. The summed E-state index contributed by atoms with van der Waals surface area (Å²) in [5.74, 6) is -5.71. The van der Waals surface area contributed by atoms with Gasteiger partial charge < -0.3 is 10.6 Å². The number of rotatable bonds is 6. The van der Waals surface area contributed by atoms with Crippen LogP contribution in [0.4, 0.5) is 18.9 Å². The quantitative estimate of drug-likeness (QED) is 0.765. The first-order chi connectivity index (χ1) is 11.9. The van der Waals surface area contributed by atoms with Crippen molar-refractivity contribution in [2.45, 2.75) is 12.8 Å². The number of carbonyl (C=O) groups excluding carboxylic acids is 2. The van der Waals surface area contributed by atoms with Gasteiger partial charge in [0.1, 0.15) is 0 Å². The minimum atomic E-state index is -1.68. The van der Waals surface area contributed by atoms with Crippen LogP contribution in [0.5, 0.6) is 0 Å². The number of benzene rings is 2. The third kappa shape index (κ3) is 5.22. The second kappa shape index (κ2) is 8.53. The number of anilines is 1. The zero-order valence-electron chi connectivity index (χ0n) is 12.9. The summed E-state index contributed by atoms with van der Waals surface area (Å²) in [7, 11) is 0. The number of hydrogen-bond donors (Lipinski definition) is 2. The van der Waals surface area contributed by atoms with Gasteiger partial charge in [0.15, 0.2) is 17.5 Å². The molecule has 2 N–H and O–H groups in total. The minimum Gasteiger partial charge on any atom is -0.347 e. The molecule has 0 aliphatic rings. The van der Waals surface area contributed by atoms with Gasteiger partial charge in [-0.3, -0.25) is 9.59 Å². The molecule has 0 saturated heterocycles. The number of hydrogen-bond acceptors (Lipinski definition) is 2. The molecule has 0 aliphatic carbocycles. The molecule has 0 aliphatic heterocycles. The van der Waals surface area contributed by atoms with E-state index in [0.717, 1.165) is 11.6 Å². The molecule has 0 unspecified atom stereocenters. The normalized spacial score (nSPS) is 10.4. The van der Waals surface area contributed by atoms with Gasteiger partial charge in [0.05, 0.1) is 12.2 Å². The molecular formula is C17H14ClF3N2O2. The third-order valence-electron chi connectivity index (χ3n) is 3.33. The Labute approximate surface area is 147 Å². The van der Waals surface area contributed by atoms with Crippen molar-refractivity contribution in [3.05, 3.63) is 64.4 Å². The van der Waals surface area contributed by atoms with Crippen molar-refractivity contribution in [1.82, 2.24) is 5.32 Å². The summed E-state index contributed by atoms with van der Waals surface area (Å²) in [6.07, 6.45) is 0.501. The molecule has 2 amide bonds. The molecule has 8 heteroatoms. The van der Waals surface area contributed by atoms with Gasteiger partial charge >= 0.3 is 0 Å². The van der Waals surface area contributed by atoms with Crippen LogP contribution in [-0.2, 0) is 16.0 Å². The van der Waals surface area contributed by atoms with E-state index in [1.807, 2.05) is 0 Å². The second-order valence-electron chi connectivity index (χ2n) is 5.14. The number of halogens is 4. The molecule has 0 heterocycles. The molecule has 4 nitrogen and oxygen atoms in total. The molecule has 0 saturated carbocycles. The predicted octanol–water partition coefficient (Wildman–Crippen LogP) is 3.44. The van der Waals surface area contributed by atoms with Crippen molar-refractivity contribution in [1.29, 1.82) is 0 Å². The smallest absolute Gasteiger partial charge is 0.243 e. The maximum Gasteiger partial charge on any atom is 0.243 e. The van der Waals surface area contributed by atoms with Crippen LogP contribution in [0, 0.1) is 17.5 Å². The van der Waals surface area contributed by atoms with Crippen LogP contribution in [0.25, 0.3) is 0 Å². The molecule has 2 aromatic carbocycles. The third-order valence-corrected chi connectivity index (χ3v) is 3.70. The van der Waals surface area contributed by atoms with Crippen LogP contribution in [0.2, 0.25) is 5.02 Å². The summed E-state index contributed by atoms with van der Waals surface area (Å²) in [6.45, 7) is -0.431. The maximum absolute atomic E-state index is 13.4. The van der Waals surface area contributed by atoms with E-state index in [4.69, 9.17) is 11.6 Å². The number of nitrogens with one attached hydrogen (secondary N) is 2. The van der Waals surface area contributed by atoms with E-state index in [0.29, 0.717) is 17.5 Å². The summed E-state index contributed by atoms with van der Waals surface area (Å²) in [5, 5.41) is 4.96. The Kier molecular flexibility index (Phi) is 6.41. The van der Waals surface area contributed by atoms with Crippen molar-refractivity contribution in [2.75, 3.05) is 11.9 Å². The highest BCUT2D eigenvalue weighted by molar-refractivity contribution is 6.31. The van der Waals surface area contributed by atoms with Gasteiger partial charge in [-0.05, 0) is 30.2 Å². The van der Waals surface area contributed by atoms with E-state index in [-0.39, 0.29) is 6.42 Å². The predicted molar refractivity (Wildman–Crippen MR) is 87.7 cm³/mol. The molecule has 25 heavy (non-hydrogen) atoms. The summed E-state index contributed by atoms with van der Waals surface area (Å²) >= 11 is 5.98. The fraction of sp³-hybridized carbons (Fsp3) is 0.176. The average Bonchev–Trinajstić information content (AvgIpc) is 2.60. The highest BCUT2D eigenvalue weighted by Crippen LogP contribution is 2.19. The van der Waals surface area contributed by atoms with Crippen LogP contribution >= 0.6 is 11.6 Å². The fourth-order valence-corrected chi connectivity index (χ4v) is 2.26. The molecule has 2 rings (SSSR count). The molecule has 0 radical (unpaired) electrons. The van der Waals surface area contributed by atoms with Gasteiger partial charge in [0.25, 0.3) is 0 Å². The van der Waals surface area contributed by atoms with E-state index in [1.165, 1.54) is 0 Å². The van der Waals surface area contributed by atoms with Crippen LogP contribution < -0.4 is 10.6 Å². The second-order valence-corrected chi connectivity index (χ2v) is 5.55. The summed E-state index contributed by atoms with van der Waals surface area (Å²) in [5.41, 5.74) is 0.293. The average molecular weight is 371 g/mol. The van der Waals surface area contributed by atoms with Gasteiger partial charge in [0.2, 0.25) is 11.8 Å². The van der Waals surface area contributed by atoms with Crippen LogP contribution in [0.1, 0.15) is 12.0 Å². The van der Waals surface area contributed by atoms with Gasteiger partial charge in [-0.25, -0.2) is 13.2 Å². The van der Waals surface area contributed by atoms with Crippen molar-refractivity contribution in [2.24, 2.45) is 0 Å².